The minimum Gasteiger partial charge on any atom is -0.272 e. The summed E-state index contributed by atoms with van der Waals surface area (Å²) in [6, 6.07) is 14.4. The largest absolute Gasteiger partial charge is 0.290 e. The second-order valence-corrected chi connectivity index (χ2v) is 6.52. The molecule has 0 fully saturated rings. The molecule has 1 aromatic heterocycles. The molecular formula is C18H16N4O3S. The lowest BCUT2D eigenvalue weighted by atomic mass is 10.1. The van der Waals surface area contributed by atoms with E-state index in [0.29, 0.717) is 10.8 Å². The Morgan fingerprint density at radius 2 is 1.73 bits per heavy atom. The predicted molar refractivity (Wildman–Crippen MR) is 99.9 cm³/mol. The number of aromatic amines is 1. The van der Waals surface area contributed by atoms with Crippen molar-refractivity contribution in [3.05, 3.63) is 70.1 Å². The lowest BCUT2D eigenvalue weighted by molar-refractivity contribution is -0.119. The number of aryl methyl sites for hydroxylation is 1. The quantitative estimate of drug-likeness (QED) is 0.481. The number of carbonyl (C=O) groups excluding carboxylic acids is 2. The van der Waals surface area contributed by atoms with Crippen LogP contribution in [0.3, 0.4) is 0 Å². The fourth-order valence-corrected chi connectivity index (χ4v) is 3.20. The molecule has 0 aliphatic carbocycles. The first-order chi connectivity index (χ1) is 12.6. The Kier molecular flexibility index (Phi) is 5.33. The van der Waals surface area contributed by atoms with Crippen LogP contribution < -0.4 is 16.4 Å². The highest BCUT2D eigenvalue weighted by atomic mass is 32.2. The van der Waals surface area contributed by atoms with Gasteiger partial charge in [0.1, 0.15) is 0 Å². The van der Waals surface area contributed by atoms with Gasteiger partial charge in [-0.2, -0.15) is 5.10 Å². The van der Waals surface area contributed by atoms with Crippen LogP contribution in [0.15, 0.2) is 58.2 Å². The summed E-state index contributed by atoms with van der Waals surface area (Å²) in [4.78, 5) is 37.0. The van der Waals surface area contributed by atoms with E-state index in [-0.39, 0.29) is 22.9 Å². The molecule has 3 N–H and O–H groups in total. The van der Waals surface area contributed by atoms with E-state index in [1.165, 1.54) is 11.8 Å². The lowest BCUT2D eigenvalue weighted by Crippen LogP contribution is -2.43. The van der Waals surface area contributed by atoms with Gasteiger partial charge < -0.3 is 0 Å². The predicted octanol–water partition coefficient (Wildman–Crippen LogP) is 1.78. The van der Waals surface area contributed by atoms with Gasteiger partial charge in [0, 0.05) is 10.3 Å². The number of hydrogen-bond acceptors (Lipinski definition) is 5. The first-order valence-electron chi connectivity index (χ1n) is 7.81. The van der Waals surface area contributed by atoms with Crippen molar-refractivity contribution in [1.29, 1.82) is 0 Å². The number of thioether (sulfide) groups is 1. The number of rotatable bonds is 4. The van der Waals surface area contributed by atoms with E-state index in [0.717, 1.165) is 10.5 Å². The molecule has 1 heterocycles. The Labute approximate surface area is 153 Å². The maximum atomic E-state index is 12.3. The van der Waals surface area contributed by atoms with Gasteiger partial charge in [0.2, 0.25) is 5.91 Å². The number of amides is 2. The van der Waals surface area contributed by atoms with Gasteiger partial charge in [-0.1, -0.05) is 36.4 Å². The van der Waals surface area contributed by atoms with Crippen LogP contribution in [0.25, 0.3) is 10.8 Å². The fraction of sp³-hybridized carbons (Fsp3) is 0.111. The molecule has 0 bridgehead atoms. The third kappa shape index (κ3) is 3.92. The van der Waals surface area contributed by atoms with Crippen LogP contribution in [-0.4, -0.2) is 27.8 Å². The molecule has 0 atom stereocenters. The van der Waals surface area contributed by atoms with Gasteiger partial charge >= 0.3 is 0 Å². The fourth-order valence-electron chi connectivity index (χ4n) is 2.37. The van der Waals surface area contributed by atoms with Crippen molar-refractivity contribution < 1.29 is 9.59 Å². The van der Waals surface area contributed by atoms with Gasteiger partial charge in [-0.3, -0.25) is 25.2 Å². The standard InChI is InChI=1S/C18H16N4O3S/c1-11-6-2-5-9-14(11)26-10-15(23)19-22-18(25)16-12-7-3-4-8-13(12)17(24)21-20-16/h2-9H,10H2,1H3,(H,19,23)(H,21,24)(H,22,25). The number of aromatic nitrogens is 2. The number of H-pyrrole nitrogens is 1. The first-order valence-corrected chi connectivity index (χ1v) is 8.80. The van der Waals surface area contributed by atoms with Crippen LogP contribution in [0.1, 0.15) is 16.1 Å². The number of hydrazine groups is 1. The summed E-state index contributed by atoms with van der Waals surface area (Å²) in [6.07, 6.45) is 0. The molecule has 3 aromatic rings. The van der Waals surface area contributed by atoms with Crippen molar-refractivity contribution in [2.75, 3.05) is 5.75 Å². The van der Waals surface area contributed by atoms with E-state index in [9.17, 15) is 14.4 Å². The summed E-state index contributed by atoms with van der Waals surface area (Å²) in [6.45, 7) is 1.97. The zero-order valence-corrected chi connectivity index (χ0v) is 14.7. The van der Waals surface area contributed by atoms with Gasteiger partial charge in [-0.05, 0) is 24.6 Å². The Hall–Kier alpha value is -3.13. The summed E-state index contributed by atoms with van der Waals surface area (Å²) in [5, 5.41) is 6.83. The molecule has 0 saturated heterocycles. The Balaban J connectivity index is 1.62. The van der Waals surface area contributed by atoms with Crippen molar-refractivity contribution in [2.45, 2.75) is 11.8 Å². The summed E-state index contributed by atoms with van der Waals surface area (Å²) in [5.41, 5.74) is 5.42. The SMILES string of the molecule is Cc1ccccc1SCC(=O)NNC(=O)c1n[nH]c(=O)c2ccccc12. The monoisotopic (exact) mass is 368 g/mol. The molecule has 0 unspecified atom stereocenters. The molecule has 0 spiro atoms. The van der Waals surface area contributed by atoms with E-state index >= 15 is 0 Å². The maximum Gasteiger partial charge on any atom is 0.290 e. The summed E-state index contributed by atoms with van der Waals surface area (Å²) >= 11 is 1.38. The highest BCUT2D eigenvalue weighted by Gasteiger charge is 2.14. The van der Waals surface area contributed by atoms with E-state index in [4.69, 9.17) is 0 Å². The Morgan fingerprint density at radius 1 is 1.04 bits per heavy atom. The molecule has 0 saturated carbocycles. The second-order valence-electron chi connectivity index (χ2n) is 5.50. The minimum absolute atomic E-state index is 0.0343. The van der Waals surface area contributed by atoms with Crippen LogP contribution in [-0.2, 0) is 4.79 Å². The van der Waals surface area contributed by atoms with Crippen LogP contribution in [0.5, 0.6) is 0 Å². The highest BCUT2D eigenvalue weighted by molar-refractivity contribution is 8.00. The molecule has 8 heteroatoms. The smallest absolute Gasteiger partial charge is 0.272 e. The van der Waals surface area contributed by atoms with Crippen molar-refractivity contribution >= 4 is 34.3 Å². The van der Waals surface area contributed by atoms with E-state index < -0.39 is 5.91 Å². The molecule has 2 aromatic carbocycles. The topological polar surface area (TPSA) is 104 Å². The van der Waals surface area contributed by atoms with E-state index in [1.807, 2.05) is 31.2 Å². The third-order valence-corrected chi connectivity index (χ3v) is 4.85. The van der Waals surface area contributed by atoms with Crippen LogP contribution in [0.2, 0.25) is 0 Å². The van der Waals surface area contributed by atoms with Crippen molar-refractivity contribution in [3.8, 4) is 0 Å². The van der Waals surface area contributed by atoms with E-state index in [2.05, 4.69) is 21.0 Å². The van der Waals surface area contributed by atoms with Crippen LogP contribution >= 0.6 is 11.8 Å². The van der Waals surface area contributed by atoms with Crippen LogP contribution in [0.4, 0.5) is 0 Å². The van der Waals surface area contributed by atoms with Crippen molar-refractivity contribution in [3.63, 3.8) is 0 Å². The molecule has 0 radical (unpaired) electrons. The summed E-state index contributed by atoms with van der Waals surface area (Å²) in [5.74, 6) is -0.794. The number of carbonyl (C=O) groups is 2. The Morgan fingerprint density at radius 3 is 2.50 bits per heavy atom. The van der Waals surface area contributed by atoms with Gasteiger partial charge in [0.25, 0.3) is 11.5 Å². The molecule has 0 aliphatic heterocycles. The van der Waals surface area contributed by atoms with Gasteiger partial charge in [0.15, 0.2) is 5.69 Å². The maximum absolute atomic E-state index is 12.3. The molecule has 26 heavy (non-hydrogen) atoms. The number of fused-ring (bicyclic) bond motifs is 1. The number of hydrogen-bond donors (Lipinski definition) is 3. The zero-order chi connectivity index (χ0) is 18.5. The Bertz CT molecular complexity index is 1030. The van der Waals surface area contributed by atoms with Crippen molar-refractivity contribution in [1.82, 2.24) is 21.0 Å². The summed E-state index contributed by atoms with van der Waals surface area (Å²) in [7, 11) is 0. The normalized spacial score (nSPS) is 10.5. The molecule has 132 valence electrons. The highest BCUT2D eigenvalue weighted by Crippen LogP contribution is 2.21. The average Bonchev–Trinajstić information content (AvgIpc) is 2.66. The first kappa shape index (κ1) is 17.7. The summed E-state index contributed by atoms with van der Waals surface area (Å²) < 4.78 is 0. The number of nitrogens with zero attached hydrogens (tertiary/aromatic N) is 1. The third-order valence-electron chi connectivity index (χ3n) is 3.68. The van der Waals surface area contributed by atoms with Gasteiger partial charge in [-0.25, -0.2) is 5.10 Å². The lowest BCUT2D eigenvalue weighted by Gasteiger charge is -2.09. The minimum atomic E-state index is -0.605. The van der Waals surface area contributed by atoms with Crippen LogP contribution in [0, 0.1) is 6.92 Å². The van der Waals surface area contributed by atoms with Gasteiger partial charge in [0.05, 0.1) is 11.1 Å². The second kappa shape index (κ2) is 7.83. The molecule has 2 amide bonds. The average molecular weight is 368 g/mol. The number of benzene rings is 2. The van der Waals surface area contributed by atoms with E-state index in [1.54, 1.807) is 24.3 Å². The molecule has 0 aliphatic rings. The molecule has 3 rings (SSSR count). The van der Waals surface area contributed by atoms with Crippen molar-refractivity contribution in [2.24, 2.45) is 0 Å². The zero-order valence-electron chi connectivity index (χ0n) is 13.9. The number of nitrogens with one attached hydrogen (secondary N) is 3. The van der Waals surface area contributed by atoms with Gasteiger partial charge in [-0.15, -0.1) is 11.8 Å². The molecular weight excluding hydrogens is 352 g/mol. The molecule has 7 nitrogen and oxygen atoms in total.